The SMILES string of the molecule is Clc1ccc(-c2csc(N/N=C/c3cc4ccccc4o3)n2)c(Cl)c1. The standard InChI is InChI=1S/C18H11Cl2N3OS/c19-12-5-6-14(15(20)8-12)16-10-25-18(22-16)23-21-9-13-7-11-3-1-2-4-17(11)24-13/h1-10H,(H,22,23)/b21-9+. The van der Waals surface area contributed by atoms with Gasteiger partial charge in [0.2, 0.25) is 5.13 Å². The molecule has 25 heavy (non-hydrogen) atoms. The molecule has 0 amide bonds. The van der Waals surface area contributed by atoms with Crippen LogP contribution in [-0.4, -0.2) is 11.2 Å². The van der Waals surface area contributed by atoms with E-state index < -0.39 is 0 Å². The summed E-state index contributed by atoms with van der Waals surface area (Å²) in [6.07, 6.45) is 1.62. The normalized spacial score (nSPS) is 11.4. The number of benzene rings is 2. The van der Waals surface area contributed by atoms with Crippen LogP contribution in [0.25, 0.3) is 22.2 Å². The number of fused-ring (bicyclic) bond motifs is 1. The van der Waals surface area contributed by atoms with Crippen LogP contribution in [0.2, 0.25) is 10.0 Å². The van der Waals surface area contributed by atoms with Gasteiger partial charge in [-0.2, -0.15) is 5.10 Å². The average molecular weight is 388 g/mol. The average Bonchev–Trinajstić information content (AvgIpc) is 3.21. The Kier molecular flexibility index (Phi) is 4.44. The second-order valence-corrected chi connectivity index (χ2v) is 6.92. The lowest BCUT2D eigenvalue weighted by Crippen LogP contribution is -1.89. The minimum absolute atomic E-state index is 0.565. The second-order valence-electron chi connectivity index (χ2n) is 5.22. The molecule has 0 unspecified atom stereocenters. The van der Waals surface area contributed by atoms with Crippen LogP contribution in [0.3, 0.4) is 0 Å². The van der Waals surface area contributed by atoms with Gasteiger partial charge >= 0.3 is 0 Å². The molecule has 0 fully saturated rings. The van der Waals surface area contributed by atoms with Crippen molar-refractivity contribution in [2.45, 2.75) is 0 Å². The van der Waals surface area contributed by atoms with E-state index in [2.05, 4.69) is 15.5 Å². The number of nitrogens with one attached hydrogen (secondary N) is 1. The van der Waals surface area contributed by atoms with Crippen molar-refractivity contribution in [1.82, 2.24) is 4.98 Å². The smallest absolute Gasteiger partial charge is 0.203 e. The fourth-order valence-electron chi connectivity index (χ4n) is 2.36. The first-order valence-electron chi connectivity index (χ1n) is 7.38. The fraction of sp³-hybridized carbons (Fsp3) is 0. The minimum Gasteiger partial charge on any atom is -0.455 e. The van der Waals surface area contributed by atoms with E-state index in [4.69, 9.17) is 27.6 Å². The largest absolute Gasteiger partial charge is 0.455 e. The number of nitrogens with zero attached hydrogens (tertiary/aromatic N) is 2. The zero-order chi connectivity index (χ0) is 17.2. The van der Waals surface area contributed by atoms with Crippen molar-refractivity contribution in [2.24, 2.45) is 5.10 Å². The third kappa shape index (κ3) is 3.54. The minimum atomic E-state index is 0.565. The summed E-state index contributed by atoms with van der Waals surface area (Å²) in [5.41, 5.74) is 5.34. The maximum atomic E-state index is 6.21. The number of hydrazone groups is 1. The maximum Gasteiger partial charge on any atom is 0.203 e. The topological polar surface area (TPSA) is 50.4 Å². The number of hydrogen-bond donors (Lipinski definition) is 1. The van der Waals surface area contributed by atoms with Gasteiger partial charge in [-0.1, -0.05) is 41.4 Å². The summed E-state index contributed by atoms with van der Waals surface area (Å²) in [4.78, 5) is 4.48. The summed E-state index contributed by atoms with van der Waals surface area (Å²) in [5.74, 6) is 0.672. The van der Waals surface area contributed by atoms with Gasteiger partial charge in [-0.15, -0.1) is 11.3 Å². The Morgan fingerprint density at radius 2 is 2.00 bits per heavy atom. The maximum absolute atomic E-state index is 6.21. The summed E-state index contributed by atoms with van der Waals surface area (Å²) >= 11 is 13.6. The molecule has 4 nitrogen and oxygen atoms in total. The van der Waals surface area contributed by atoms with Gasteiger partial charge in [-0.25, -0.2) is 4.98 Å². The number of hydrogen-bond acceptors (Lipinski definition) is 5. The Hall–Kier alpha value is -2.34. The highest BCUT2D eigenvalue weighted by atomic mass is 35.5. The summed E-state index contributed by atoms with van der Waals surface area (Å²) < 4.78 is 5.67. The number of para-hydroxylation sites is 1. The number of halogens is 2. The first kappa shape index (κ1) is 16.1. The summed E-state index contributed by atoms with van der Waals surface area (Å²) in [5, 5.41) is 8.95. The number of anilines is 1. The van der Waals surface area contributed by atoms with Crippen LogP contribution >= 0.6 is 34.5 Å². The van der Waals surface area contributed by atoms with E-state index >= 15 is 0 Å². The number of furan rings is 1. The van der Waals surface area contributed by atoms with Gasteiger partial charge in [-0.05, 0) is 30.3 Å². The van der Waals surface area contributed by atoms with E-state index in [-0.39, 0.29) is 0 Å². The molecular weight excluding hydrogens is 377 g/mol. The van der Waals surface area contributed by atoms with Crippen LogP contribution in [0.5, 0.6) is 0 Å². The van der Waals surface area contributed by atoms with Gasteiger partial charge in [-0.3, -0.25) is 5.43 Å². The third-order valence-electron chi connectivity index (χ3n) is 3.51. The molecule has 0 saturated carbocycles. The van der Waals surface area contributed by atoms with Crippen molar-refractivity contribution >= 4 is 56.9 Å². The van der Waals surface area contributed by atoms with Crippen molar-refractivity contribution in [3.8, 4) is 11.3 Å². The number of thiazole rings is 1. The molecule has 0 aliphatic rings. The van der Waals surface area contributed by atoms with Crippen LogP contribution < -0.4 is 5.43 Å². The lowest BCUT2D eigenvalue weighted by atomic mass is 10.2. The van der Waals surface area contributed by atoms with E-state index in [9.17, 15) is 0 Å². The van der Waals surface area contributed by atoms with Crippen molar-refractivity contribution in [1.29, 1.82) is 0 Å². The molecule has 0 radical (unpaired) electrons. The Balaban J connectivity index is 1.49. The Bertz CT molecular complexity index is 1040. The lowest BCUT2D eigenvalue weighted by molar-refractivity contribution is 0.608. The molecular formula is C18H11Cl2N3OS. The Morgan fingerprint density at radius 1 is 1.12 bits per heavy atom. The second kappa shape index (κ2) is 6.88. The molecule has 0 aliphatic heterocycles. The van der Waals surface area contributed by atoms with Crippen molar-refractivity contribution in [3.05, 3.63) is 69.7 Å². The Labute approximate surface area is 157 Å². The summed E-state index contributed by atoms with van der Waals surface area (Å²) in [6.45, 7) is 0. The van der Waals surface area contributed by atoms with Crippen LogP contribution in [0, 0.1) is 0 Å². The molecule has 0 spiro atoms. The third-order valence-corrected chi connectivity index (χ3v) is 4.80. The molecule has 124 valence electrons. The van der Waals surface area contributed by atoms with E-state index in [1.54, 1.807) is 18.3 Å². The van der Waals surface area contributed by atoms with E-state index in [1.165, 1.54) is 11.3 Å². The first-order valence-corrected chi connectivity index (χ1v) is 9.01. The number of aromatic nitrogens is 1. The van der Waals surface area contributed by atoms with Gasteiger partial charge < -0.3 is 4.42 Å². The zero-order valence-electron chi connectivity index (χ0n) is 12.7. The van der Waals surface area contributed by atoms with Gasteiger partial charge in [0.05, 0.1) is 16.9 Å². The molecule has 0 saturated heterocycles. The van der Waals surface area contributed by atoms with Crippen molar-refractivity contribution < 1.29 is 4.42 Å². The number of rotatable bonds is 4. The molecule has 7 heteroatoms. The molecule has 2 aromatic heterocycles. The molecule has 4 rings (SSSR count). The quantitative estimate of drug-likeness (QED) is 0.329. The zero-order valence-corrected chi connectivity index (χ0v) is 15.1. The molecule has 2 aromatic carbocycles. The monoisotopic (exact) mass is 387 g/mol. The van der Waals surface area contributed by atoms with E-state index in [0.717, 1.165) is 22.2 Å². The predicted octanol–water partition coefficient (Wildman–Crippen LogP) is 6.31. The molecule has 0 aliphatic carbocycles. The molecule has 4 aromatic rings. The van der Waals surface area contributed by atoms with Gasteiger partial charge in [0.25, 0.3) is 0 Å². The first-order chi connectivity index (χ1) is 12.2. The summed E-state index contributed by atoms with van der Waals surface area (Å²) in [6, 6.07) is 15.1. The van der Waals surface area contributed by atoms with Gasteiger partial charge in [0.15, 0.2) is 0 Å². The highest BCUT2D eigenvalue weighted by molar-refractivity contribution is 7.14. The van der Waals surface area contributed by atoms with Crippen molar-refractivity contribution in [3.63, 3.8) is 0 Å². The predicted molar refractivity (Wildman–Crippen MR) is 105 cm³/mol. The lowest BCUT2D eigenvalue weighted by Gasteiger charge is -2.00. The van der Waals surface area contributed by atoms with Gasteiger partial charge in [0.1, 0.15) is 11.3 Å². The highest BCUT2D eigenvalue weighted by Crippen LogP contribution is 2.32. The molecule has 0 bridgehead atoms. The molecule has 0 atom stereocenters. The van der Waals surface area contributed by atoms with E-state index in [0.29, 0.717) is 20.9 Å². The summed E-state index contributed by atoms with van der Waals surface area (Å²) in [7, 11) is 0. The van der Waals surface area contributed by atoms with Crippen LogP contribution in [-0.2, 0) is 0 Å². The highest BCUT2D eigenvalue weighted by Gasteiger charge is 2.08. The van der Waals surface area contributed by atoms with Crippen LogP contribution in [0.15, 0.2) is 63.4 Å². The van der Waals surface area contributed by atoms with Crippen molar-refractivity contribution in [2.75, 3.05) is 5.43 Å². The van der Waals surface area contributed by atoms with Crippen LogP contribution in [0.1, 0.15) is 5.76 Å². The molecule has 1 N–H and O–H groups in total. The fourth-order valence-corrected chi connectivity index (χ4v) is 3.53. The van der Waals surface area contributed by atoms with E-state index in [1.807, 2.05) is 41.8 Å². The Morgan fingerprint density at radius 3 is 2.84 bits per heavy atom. The molecule has 2 heterocycles. The van der Waals surface area contributed by atoms with Gasteiger partial charge in [0, 0.05) is 21.4 Å². The van der Waals surface area contributed by atoms with Crippen LogP contribution in [0.4, 0.5) is 5.13 Å².